The number of likely N-dealkylation sites (N-methyl/N-ethyl adjacent to an activating group) is 1. The maximum absolute atomic E-state index is 12.4. The molecule has 0 saturated carbocycles. The Labute approximate surface area is 456 Å². The summed E-state index contributed by atoms with van der Waals surface area (Å²) < 4.78 is 17.5. The number of halogens is 1. The first-order valence-corrected chi connectivity index (χ1v) is 25.8. The Hall–Kier alpha value is -6.23. The number of ether oxygens (including phenoxy) is 1. The second-order valence-electron chi connectivity index (χ2n) is 19.4. The molecule has 0 aromatic heterocycles. The number of methoxy groups -OCH3 is 1. The molecule has 0 spiro atoms. The first kappa shape index (κ1) is 66.8. The van der Waals surface area contributed by atoms with Crippen molar-refractivity contribution in [3.8, 4) is 5.75 Å². The highest BCUT2D eigenvalue weighted by molar-refractivity contribution is 5.32. The minimum absolute atomic E-state index is 0.185. The molecule has 6 unspecified atom stereocenters. The highest BCUT2D eigenvalue weighted by Crippen LogP contribution is 2.11. The lowest BCUT2D eigenvalue weighted by Crippen LogP contribution is -3.03. The van der Waals surface area contributed by atoms with Gasteiger partial charge in [-0.1, -0.05) is 169 Å². The summed E-state index contributed by atoms with van der Waals surface area (Å²) in [5.74, 6) is 0.726. The zero-order valence-electron chi connectivity index (χ0n) is 47.5. The summed E-state index contributed by atoms with van der Waals surface area (Å²) in [5.41, 5.74) is 11.6. The van der Waals surface area contributed by atoms with E-state index in [0.717, 1.165) is 60.1 Å². The number of hydrogen-bond donors (Lipinski definition) is 6. The van der Waals surface area contributed by atoms with Crippen LogP contribution in [0.1, 0.15) is 57.5 Å². The van der Waals surface area contributed by atoms with Gasteiger partial charge in [0.05, 0.1) is 39.3 Å². The van der Waals surface area contributed by atoms with E-state index >= 15 is 0 Å². The Balaban J connectivity index is 0.000000438. The summed E-state index contributed by atoms with van der Waals surface area (Å²) in [6.45, 7) is 13.9. The van der Waals surface area contributed by atoms with E-state index in [1.165, 1.54) is 76.4 Å². The fourth-order valence-electron chi connectivity index (χ4n) is 6.78. The first-order chi connectivity index (χ1) is 35.7. The quantitative estimate of drug-likeness (QED) is 0.0493. The Morgan fingerprint density at radius 1 is 0.493 bits per heavy atom. The van der Waals surface area contributed by atoms with E-state index in [2.05, 4.69) is 211 Å². The molecule has 7 rings (SSSR count). The molecule has 0 radical (unpaired) electrons. The molecule has 406 valence electrons. The number of aryl methyl sites for hydroxylation is 2. The molecule has 7 atom stereocenters. The molecule has 0 fully saturated rings. The molecule has 0 bridgehead atoms. The second kappa shape index (κ2) is 40.1. The van der Waals surface area contributed by atoms with Crippen LogP contribution < -0.4 is 34.1 Å². The van der Waals surface area contributed by atoms with Gasteiger partial charge in [0.1, 0.15) is 17.3 Å². The van der Waals surface area contributed by atoms with E-state index in [4.69, 9.17) is 4.74 Å². The van der Waals surface area contributed by atoms with Gasteiger partial charge in [-0.05, 0) is 74.7 Å². The van der Waals surface area contributed by atoms with Crippen molar-refractivity contribution >= 4 is 5.69 Å². The molecule has 0 aliphatic heterocycles. The number of hydrogen-bond acceptors (Lipinski definition) is 1. The first-order valence-electron chi connectivity index (χ1n) is 25.8. The molecule has 0 saturated heterocycles. The molecule has 75 heavy (non-hydrogen) atoms. The summed E-state index contributed by atoms with van der Waals surface area (Å²) in [6.07, 6.45) is 4.02. The molecule has 0 aliphatic carbocycles. The molecular weight excluding hydrogens is 924 g/mol. The lowest BCUT2D eigenvalue weighted by atomic mass is 10.1. The van der Waals surface area contributed by atoms with E-state index in [1.54, 1.807) is 19.2 Å². The Morgan fingerprint density at radius 2 is 0.907 bits per heavy atom. The highest BCUT2D eigenvalue weighted by Gasteiger charge is 2.05. The summed E-state index contributed by atoms with van der Waals surface area (Å²) in [6, 6.07) is 63.3. The minimum atomic E-state index is -0.185. The molecule has 0 heterocycles. The third-order valence-electron chi connectivity index (χ3n) is 11.2. The Morgan fingerprint density at radius 3 is 1.33 bits per heavy atom. The van der Waals surface area contributed by atoms with Crippen LogP contribution in [0, 0.1) is 62.0 Å². The molecule has 7 aromatic rings. The molecule has 7 aromatic carbocycles. The summed E-state index contributed by atoms with van der Waals surface area (Å²) >= 11 is 0. The second-order valence-corrected chi connectivity index (χ2v) is 19.4. The van der Waals surface area contributed by atoms with Crippen molar-refractivity contribution in [2.24, 2.45) is 0 Å². The number of rotatable bonds is 15. The molecule has 0 aliphatic rings. The van der Waals surface area contributed by atoms with E-state index in [1.807, 2.05) is 70.7 Å². The number of benzene rings is 7. The molecule has 6 N–H and O–H groups in total. The van der Waals surface area contributed by atoms with Gasteiger partial charge in [0.15, 0.2) is 0 Å². The smallest absolute Gasteiger partial charge is 0.123 e. The molecule has 8 heteroatoms. The monoisotopic (exact) mass is 1020 g/mol. The van der Waals surface area contributed by atoms with Gasteiger partial charge in [-0.3, -0.25) is 0 Å². The molecular formula is C67H95FN6O. The Kier molecular flexibility index (Phi) is 35.7. The van der Waals surface area contributed by atoms with Crippen molar-refractivity contribution in [3.63, 3.8) is 0 Å². The van der Waals surface area contributed by atoms with Crippen LogP contribution in [0.15, 0.2) is 201 Å². The van der Waals surface area contributed by atoms with Crippen LogP contribution in [-0.4, -0.2) is 55.9 Å². The van der Waals surface area contributed by atoms with Gasteiger partial charge in [-0.15, -0.1) is 13.6 Å². The van der Waals surface area contributed by atoms with Crippen molar-refractivity contribution in [3.05, 3.63) is 293 Å². The Bertz CT molecular complexity index is 2420. The van der Waals surface area contributed by atoms with Crippen LogP contribution in [0.5, 0.6) is 5.75 Å². The zero-order valence-corrected chi connectivity index (χ0v) is 47.5. The van der Waals surface area contributed by atoms with Crippen molar-refractivity contribution in [2.75, 3.05) is 55.9 Å². The SMILES string of the molecule is C=CCc1ccc(C)cc1.[CH2-][NH+](C)CCc1ccccc1.[CH2-][NH+](C)Cc1ccc(F)cc1.[CH2-][NH+](C)Cc1cccc(OC)c1.[CH2-][NH+](C)Cc1ccccc1.[CH2-][NH+](C)[C@H](C)c1ccccc1.[CH2-][NH+](C)c1ccc(C)cc1. The predicted molar refractivity (Wildman–Crippen MR) is 316 cm³/mol. The van der Waals surface area contributed by atoms with Crippen molar-refractivity contribution in [1.82, 2.24) is 0 Å². The average Bonchev–Trinajstić information content (AvgIpc) is 3.38. The fourth-order valence-corrected chi connectivity index (χ4v) is 6.78. The van der Waals surface area contributed by atoms with Crippen LogP contribution in [-0.2, 0) is 32.5 Å². The van der Waals surface area contributed by atoms with E-state index in [-0.39, 0.29) is 5.82 Å². The lowest BCUT2D eigenvalue weighted by Gasteiger charge is -2.23. The van der Waals surface area contributed by atoms with E-state index in [0.29, 0.717) is 6.04 Å². The highest BCUT2D eigenvalue weighted by atomic mass is 19.1. The van der Waals surface area contributed by atoms with Crippen LogP contribution >= 0.6 is 0 Å². The number of nitrogens with one attached hydrogen (secondary N) is 6. The van der Waals surface area contributed by atoms with Gasteiger partial charge >= 0.3 is 0 Å². The maximum atomic E-state index is 12.4. The topological polar surface area (TPSA) is 35.9 Å². The summed E-state index contributed by atoms with van der Waals surface area (Å²) in [7, 11) is 37.0. The zero-order chi connectivity index (χ0) is 56.0. The maximum Gasteiger partial charge on any atom is 0.123 e. The third-order valence-corrected chi connectivity index (χ3v) is 11.2. The largest absolute Gasteiger partial charge is 0.497 e. The minimum Gasteiger partial charge on any atom is -0.497 e. The van der Waals surface area contributed by atoms with Crippen LogP contribution in [0.2, 0.25) is 0 Å². The van der Waals surface area contributed by atoms with Crippen molar-refractivity contribution in [1.29, 1.82) is 0 Å². The van der Waals surface area contributed by atoms with E-state index in [9.17, 15) is 4.39 Å². The van der Waals surface area contributed by atoms with Gasteiger partial charge in [-0.25, -0.2) is 4.39 Å². The predicted octanol–water partition coefficient (Wildman–Crippen LogP) is 6.87. The fraction of sp³-hybridized carbons (Fsp3) is 0.254. The van der Waals surface area contributed by atoms with Gasteiger partial charge in [0, 0.05) is 71.0 Å². The normalized spacial score (nSPS) is 12.9. The number of quaternary nitrogens is 6. The molecule has 7 nitrogen and oxygen atoms in total. The van der Waals surface area contributed by atoms with Gasteiger partial charge in [0.25, 0.3) is 0 Å². The summed E-state index contributed by atoms with van der Waals surface area (Å²) in [4.78, 5) is 7.08. The third kappa shape index (κ3) is 34.8. The summed E-state index contributed by atoms with van der Waals surface area (Å²) in [5, 5.41) is 0. The van der Waals surface area contributed by atoms with Crippen LogP contribution in [0.3, 0.4) is 0 Å². The van der Waals surface area contributed by atoms with Gasteiger partial charge in [0.2, 0.25) is 0 Å². The number of allylic oxidation sites excluding steroid dienone is 1. The van der Waals surface area contributed by atoms with E-state index < -0.39 is 0 Å². The van der Waals surface area contributed by atoms with Crippen LogP contribution in [0.25, 0.3) is 0 Å². The van der Waals surface area contributed by atoms with Gasteiger partial charge < -0.3 is 34.1 Å². The standard InChI is InChI=1S/C10H15NO.2C10H15N.C10H12.C9H12FN.2C9H13N/c1-11(2)8-9-5-4-6-10(7-9)12-3;1-9(11(2)3)10-7-5-4-6-8-10;1-11(2)9-8-10-6-4-3-5-7-10;1-3-4-10-7-5-9(2)6-8-10;1-11(2)7-8-3-5-9(10)6-4-8;1-8-4-6-9(7-5-8)10(2)3;1-10(2)8-9-6-4-3-5-7-9/h4-7,11H,1,8H2,2-3H3;4-9,11H,2H2,1,3H3;3-7,11H,1,8-9H2,2H3;3,5-8H,1,4H2,2H3;3-6,11H,1,7H2,2H3;4-7,10H,2H2,1,3H3;3-7,10H,1,8H2,2H3/t;9-;;;;;/m.1...../s1. The lowest BCUT2D eigenvalue weighted by molar-refractivity contribution is -0.864. The van der Waals surface area contributed by atoms with Crippen LogP contribution in [0.4, 0.5) is 10.1 Å². The van der Waals surface area contributed by atoms with Crippen molar-refractivity contribution < 1.29 is 38.5 Å². The average molecular weight is 1020 g/mol. The molecule has 0 amide bonds. The van der Waals surface area contributed by atoms with Gasteiger partial charge in [-0.2, -0.15) is 35.2 Å². The van der Waals surface area contributed by atoms with Crippen molar-refractivity contribution in [2.45, 2.75) is 59.3 Å².